The van der Waals surface area contributed by atoms with E-state index in [1.807, 2.05) is 36.4 Å². The number of Topliss-reactive ketones (excluding diaryl/α,β-unsaturated/α-hetero) is 1. The third kappa shape index (κ3) is 3.97. The summed E-state index contributed by atoms with van der Waals surface area (Å²) in [6, 6.07) is 6.74. The number of nitrogens with zero attached hydrogens (tertiary/aromatic N) is 3. The molecule has 0 spiro atoms. The molecule has 1 saturated heterocycles. The number of hydrogen-bond donors (Lipinski definition) is 0. The fraction of sp³-hybridized carbons (Fsp3) is 0.421. The lowest BCUT2D eigenvalue weighted by Gasteiger charge is -2.33. The molecular formula is C19H24FN3O3S. The first-order valence-corrected chi connectivity index (χ1v) is 10.3. The lowest BCUT2D eigenvalue weighted by Crippen LogP contribution is -2.49. The Hall–Kier alpha value is -2.03. The van der Waals surface area contributed by atoms with Crippen molar-refractivity contribution in [2.75, 3.05) is 32.7 Å². The summed E-state index contributed by atoms with van der Waals surface area (Å²) in [6.45, 7) is 5.73. The summed E-state index contributed by atoms with van der Waals surface area (Å²) in [5.41, 5.74) is 2.69. The molecule has 2 heterocycles. The molecule has 0 N–H and O–H groups in total. The van der Waals surface area contributed by atoms with Crippen LogP contribution in [0, 0.1) is 19.7 Å². The molecule has 8 heteroatoms. The van der Waals surface area contributed by atoms with Crippen molar-refractivity contribution in [1.29, 1.82) is 0 Å². The summed E-state index contributed by atoms with van der Waals surface area (Å²) >= 11 is 0. The first-order chi connectivity index (χ1) is 12.7. The van der Waals surface area contributed by atoms with Crippen LogP contribution >= 0.6 is 0 Å². The molecular weight excluding hydrogens is 369 g/mol. The van der Waals surface area contributed by atoms with Crippen LogP contribution in [0.25, 0.3) is 0 Å². The zero-order chi connectivity index (χ0) is 19.8. The third-order valence-electron chi connectivity index (χ3n) is 5.23. The minimum absolute atomic E-state index is 0.0473. The number of halogens is 1. The summed E-state index contributed by atoms with van der Waals surface area (Å²) in [5, 5.41) is 0. The molecule has 0 atom stereocenters. The molecule has 0 amide bonds. The van der Waals surface area contributed by atoms with Crippen LogP contribution in [0.5, 0.6) is 0 Å². The zero-order valence-corrected chi connectivity index (χ0v) is 16.6. The molecule has 2 aromatic rings. The molecule has 0 bridgehead atoms. The molecule has 1 aromatic carbocycles. The predicted molar refractivity (Wildman–Crippen MR) is 101 cm³/mol. The standard InChI is InChI=1S/C19H24FN3O3S/c1-14-12-18(15(2)21(14)3)19(24)13-22-8-10-23(11-9-22)27(25,26)17-6-4-16(20)5-7-17/h4-7,12H,8-11,13H2,1-3H3. The fourth-order valence-corrected chi connectivity index (χ4v) is 4.73. The van der Waals surface area contributed by atoms with E-state index in [4.69, 9.17) is 0 Å². The van der Waals surface area contributed by atoms with Crippen molar-refractivity contribution in [2.45, 2.75) is 18.7 Å². The second kappa shape index (κ2) is 7.53. The van der Waals surface area contributed by atoms with Gasteiger partial charge < -0.3 is 4.57 Å². The van der Waals surface area contributed by atoms with Gasteiger partial charge in [0, 0.05) is 50.2 Å². The van der Waals surface area contributed by atoms with Crippen molar-refractivity contribution in [1.82, 2.24) is 13.8 Å². The van der Waals surface area contributed by atoms with Gasteiger partial charge in [-0.15, -0.1) is 0 Å². The molecule has 1 aliphatic rings. The Kier molecular flexibility index (Phi) is 5.50. The summed E-state index contributed by atoms with van der Waals surface area (Å²) in [4.78, 5) is 14.7. The minimum Gasteiger partial charge on any atom is -0.351 e. The first kappa shape index (κ1) is 19.7. The molecule has 1 aliphatic heterocycles. The van der Waals surface area contributed by atoms with E-state index in [1.165, 1.54) is 16.4 Å². The van der Waals surface area contributed by atoms with Gasteiger partial charge in [0.1, 0.15) is 5.82 Å². The Labute approximate surface area is 159 Å². The number of carbonyl (C=O) groups excluding carboxylic acids is 1. The van der Waals surface area contributed by atoms with Gasteiger partial charge in [0.15, 0.2) is 5.78 Å². The number of hydrogen-bond acceptors (Lipinski definition) is 4. The number of aryl methyl sites for hydroxylation is 1. The lowest BCUT2D eigenvalue weighted by molar-refractivity contribution is 0.0901. The number of carbonyl (C=O) groups is 1. The number of piperazine rings is 1. The Morgan fingerprint density at radius 1 is 1.07 bits per heavy atom. The van der Waals surface area contributed by atoms with E-state index in [-0.39, 0.29) is 17.2 Å². The van der Waals surface area contributed by atoms with Crippen molar-refractivity contribution in [2.24, 2.45) is 7.05 Å². The lowest BCUT2D eigenvalue weighted by atomic mass is 10.1. The Morgan fingerprint density at radius 3 is 2.19 bits per heavy atom. The molecule has 27 heavy (non-hydrogen) atoms. The van der Waals surface area contributed by atoms with E-state index in [9.17, 15) is 17.6 Å². The van der Waals surface area contributed by atoms with E-state index < -0.39 is 15.8 Å². The van der Waals surface area contributed by atoms with Crippen LogP contribution in [0.1, 0.15) is 21.7 Å². The van der Waals surface area contributed by atoms with Gasteiger partial charge in [-0.1, -0.05) is 0 Å². The highest BCUT2D eigenvalue weighted by molar-refractivity contribution is 7.89. The molecule has 0 saturated carbocycles. The van der Waals surface area contributed by atoms with Crippen molar-refractivity contribution >= 4 is 15.8 Å². The van der Waals surface area contributed by atoms with Gasteiger partial charge in [0.2, 0.25) is 10.0 Å². The topological polar surface area (TPSA) is 62.6 Å². The summed E-state index contributed by atoms with van der Waals surface area (Å²) in [6.07, 6.45) is 0. The van der Waals surface area contributed by atoms with Crippen LogP contribution in [0.4, 0.5) is 4.39 Å². The van der Waals surface area contributed by atoms with Crippen molar-refractivity contribution in [3.8, 4) is 0 Å². The maximum atomic E-state index is 13.0. The molecule has 146 valence electrons. The smallest absolute Gasteiger partial charge is 0.243 e. The zero-order valence-electron chi connectivity index (χ0n) is 15.8. The molecule has 1 fully saturated rings. The van der Waals surface area contributed by atoms with E-state index in [0.29, 0.717) is 26.2 Å². The quantitative estimate of drug-likeness (QED) is 0.729. The number of rotatable bonds is 5. The van der Waals surface area contributed by atoms with Crippen LogP contribution in [0.15, 0.2) is 35.2 Å². The van der Waals surface area contributed by atoms with Gasteiger partial charge >= 0.3 is 0 Å². The Balaban J connectivity index is 1.62. The van der Waals surface area contributed by atoms with Gasteiger partial charge in [-0.25, -0.2) is 12.8 Å². The van der Waals surface area contributed by atoms with E-state index >= 15 is 0 Å². The second-order valence-electron chi connectivity index (χ2n) is 6.90. The number of benzene rings is 1. The van der Waals surface area contributed by atoms with Crippen molar-refractivity contribution < 1.29 is 17.6 Å². The fourth-order valence-electron chi connectivity index (χ4n) is 3.31. The normalized spacial score (nSPS) is 16.6. The van der Waals surface area contributed by atoms with Gasteiger partial charge in [-0.2, -0.15) is 4.31 Å². The van der Waals surface area contributed by atoms with Gasteiger partial charge in [-0.3, -0.25) is 9.69 Å². The van der Waals surface area contributed by atoms with Crippen LogP contribution < -0.4 is 0 Å². The minimum atomic E-state index is -3.64. The van der Waals surface area contributed by atoms with Crippen LogP contribution in [0.3, 0.4) is 0 Å². The highest BCUT2D eigenvalue weighted by Gasteiger charge is 2.29. The Morgan fingerprint density at radius 2 is 1.67 bits per heavy atom. The molecule has 0 aliphatic carbocycles. The van der Waals surface area contributed by atoms with Crippen molar-refractivity contribution in [3.05, 3.63) is 53.1 Å². The average Bonchev–Trinajstić information content (AvgIpc) is 2.90. The van der Waals surface area contributed by atoms with Crippen LogP contribution in [-0.4, -0.2) is 60.7 Å². The number of sulfonamides is 1. The highest BCUT2D eigenvalue weighted by atomic mass is 32.2. The second-order valence-corrected chi connectivity index (χ2v) is 8.84. The third-order valence-corrected chi connectivity index (χ3v) is 7.14. The van der Waals surface area contributed by atoms with Crippen LogP contribution in [-0.2, 0) is 17.1 Å². The van der Waals surface area contributed by atoms with E-state index in [0.717, 1.165) is 29.1 Å². The molecule has 0 unspecified atom stereocenters. The first-order valence-electron chi connectivity index (χ1n) is 8.84. The van der Waals surface area contributed by atoms with E-state index in [1.54, 1.807) is 0 Å². The molecule has 6 nitrogen and oxygen atoms in total. The van der Waals surface area contributed by atoms with Gasteiger partial charge in [-0.05, 0) is 44.2 Å². The van der Waals surface area contributed by atoms with E-state index in [2.05, 4.69) is 0 Å². The molecule has 0 radical (unpaired) electrons. The summed E-state index contributed by atoms with van der Waals surface area (Å²) in [7, 11) is -1.71. The SMILES string of the molecule is Cc1cc(C(=O)CN2CCN(S(=O)(=O)c3ccc(F)cc3)CC2)c(C)n1C. The summed E-state index contributed by atoms with van der Waals surface area (Å²) < 4.78 is 41.7. The maximum Gasteiger partial charge on any atom is 0.243 e. The largest absolute Gasteiger partial charge is 0.351 e. The average molecular weight is 393 g/mol. The van der Waals surface area contributed by atoms with Crippen LogP contribution in [0.2, 0.25) is 0 Å². The molecule has 1 aromatic heterocycles. The monoisotopic (exact) mass is 393 g/mol. The number of aromatic nitrogens is 1. The number of ketones is 1. The van der Waals surface area contributed by atoms with Crippen molar-refractivity contribution in [3.63, 3.8) is 0 Å². The summed E-state index contributed by atoms with van der Waals surface area (Å²) in [5.74, 6) is -0.422. The predicted octanol–water partition coefficient (Wildman–Crippen LogP) is 1.97. The Bertz CT molecular complexity index is 943. The van der Waals surface area contributed by atoms with Gasteiger partial charge in [0.05, 0.1) is 11.4 Å². The maximum absolute atomic E-state index is 13.0. The molecule has 3 rings (SSSR count). The van der Waals surface area contributed by atoms with Gasteiger partial charge in [0.25, 0.3) is 0 Å². The highest BCUT2D eigenvalue weighted by Crippen LogP contribution is 2.19.